The number of carbonyl (C=O) groups excluding carboxylic acids is 1. The Morgan fingerprint density at radius 2 is 1.63 bits per heavy atom. The molecule has 144 valence electrons. The fourth-order valence-electron chi connectivity index (χ4n) is 3.73. The van der Waals surface area contributed by atoms with E-state index in [0.29, 0.717) is 26.1 Å². The average Bonchev–Trinajstić information content (AvgIpc) is 2.71. The molecule has 5 heteroatoms. The number of nitrogens with zero attached hydrogens (tertiary/aromatic N) is 1. The molecule has 2 aromatic carbocycles. The lowest BCUT2D eigenvalue weighted by molar-refractivity contribution is -0.125. The minimum atomic E-state index is -0.691. The number of amides is 1. The Morgan fingerprint density at radius 3 is 2.19 bits per heavy atom. The van der Waals surface area contributed by atoms with Gasteiger partial charge in [0, 0.05) is 37.7 Å². The van der Waals surface area contributed by atoms with Crippen molar-refractivity contribution in [2.75, 3.05) is 36.5 Å². The lowest BCUT2D eigenvalue weighted by atomic mass is 9.73. The smallest absolute Gasteiger partial charge is 0.235 e. The maximum atomic E-state index is 13.4. The monoisotopic (exact) mass is 370 g/mol. The molecule has 4 nitrogen and oxygen atoms in total. The highest BCUT2D eigenvalue weighted by Crippen LogP contribution is 2.36. The first kappa shape index (κ1) is 19.4. The second-order valence-corrected chi connectivity index (χ2v) is 6.87. The SMILES string of the molecule is CCN(CC)c1ccc(NC(=O)C2(c3ccc(F)cc3)CCOCC2)cc1. The molecule has 2 aromatic rings. The van der Waals surface area contributed by atoms with Gasteiger partial charge in [0.2, 0.25) is 5.91 Å². The van der Waals surface area contributed by atoms with Crippen LogP contribution in [0.4, 0.5) is 15.8 Å². The third-order valence-corrected chi connectivity index (χ3v) is 5.43. The summed E-state index contributed by atoms with van der Waals surface area (Å²) in [5.74, 6) is -0.360. The summed E-state index contributed by atoms with van der Waals surface area (Å²) < 4.78 is 18.8. The molecular weight excluding hydrogens is 343 g/mol. The van der Waals surface area contributed by atoms with Crippen molar-refractivity contribution in [1.82, 2.24) is 0 Å². The van der Waals surface area contributed by atoms with Crippen LogP contribution in [-0.4, -0.2) is 32.2 Å². The zero-order chi connectivity index (χ0) is 19.3. The number of hydrogen-bond donors (Lipinski definition) is 1. The molecule has 1 N–H and O–H groups in total. The van der Waals surface area contributed by atoms with Crippen LogP contribution in [0.25, 0.3) is 0 Å². The molecule has 0 bridgehead atoms. The van der Waals surface area contributed by atoms with Gasteiger partial charge in [-0.25, -0.2) is 4.39 Å². The lowest BCUT2D eigenvalue weighted by Crippen LogP contribution is -2.44. The molecule has 1 saturated heterocycles. The van der Waals surface area contributed by atoms with Crippen molar-refractivity contribution in [2.45, 2.75) is 32.1 Å². The molecule has 0 saturated carbocycles. The first-order valence-electron chi connectivity index (χ1n) is 9.59. The van der Waals surface area contributed by atoms with Gasteiger partial charge >= 0.3 is 0 Å². The Hall–Kier alpha value is -2.40. The van der Waals surface area contributed by atoms with Gasteiger partial charge in [0.15, 0.2) is 0 Å². The highest BCUT2D eigenvalue weighted by molar-refractivity contribution is 5.99. The van der Waals surface area contributed by atoms with Crippen LogP contribution in [0.2, 0.25) is 0 Å². The Labute approximate surface area is 160 Å². The molecule has 0 aliphatic carbocycles. The normalized spacial score (nSPS) is 16.0. The third-order valence-electron chi connectivity index (χ3n) is 5.43. The van der Waals surface area contributed by atoms with E-state index in [0.717, 1.165) is 30.0 Å². The number of hydrogen-bond acceptors (Lipinski definition) is 3. The zero-order valence-corrected chi connectivity index (χ0v) is 16.0. The third kappa shape index (κ3) is 4.14. The van der Waals surface area contributed by atoms with Gasteiger partial charge in [0.25, 0.3) is 0 Å². The Balaban J connectivity index is 1.82. The molecule has 1 aliphatic rings. The molecule has 0 spiro atoms. The maximum absolute atomic E-state index is 13.4. The number of anilines is 2. The van der Waals surface area contributed by atoms with Crippen molar-refractivity contribution in [3.05, 3.63) is 59.9 Å². The number of carbonyl (C=O) groups is 1. The van der Waals surface area contributed by atoms with Crippen LogP contribution in [0, 0.1) is 5.82 Å². The summed E-state index contributed by atoms with van der Waals surface area (Å²) in [5.41, 5.74) is 2.05. The molecule has 27 heavy (non-hydrogen) atoms. The lowest BCUT2D eigenvalue weighted by Gasteiger charge is -2.36. The molecule has 3 rings (SSSR count). The van der Waals surface area contributed by atoms with E-state index in [1.165, 1.54) is 12.1 Å². The average molecular weight is 370 g/mol. The molecule has 1 heterocycles. The van der Waals surface area contributed by atoms with Crippen molar-refractivity contribution in [3.63, 3.8) is 0 Å². The molecule has 0 aromatic heterocycles. The van der Waals surface area contributed by atoms with E-state index in [1.54, 1.807) is 12.1 Å². The molecule has 0 atom stereocenters. The largest absolute Gasteiger partial charge is 0.381 e. The van der Waals surface area contributed by atoms with Gasteiger partial charge < -0.3 is 15.0 Å². The van der Waals surface area contributed by atoms with Crippen molar-refractivity contribution >= 4 is 17.3 Å². The second-order valence-electron chi connectivity index (χ2n) is 6.87. The highest BCUT2D eigenvalue weighted by atomic mass is 19.1. The summed E-state index contributed by atoms with van der Waals surface area (Å²) in [7, 11) is 0. The van der Waals surface area contributed by atoms with Crippen LogP contribution in [0.15, 0.2) is 48.5 Å². The van der Waals surface area contributed by atoms with E-state index in [9.17, 15) is 9.18 Å². The highest BCUT2D eigenvalue weighted by Gasteiger charge is 2.41. The van der Waals surface area contributed by atoms with Crippen molar-refractivity contribution in [3.8, 4) is 0 Å². The van der Waals surface area contributed by atoms with Gasteiger partial charge in [0.05, 0.1) is 5.41 Å². The van der Waals surface area contributed by atoms with E-state index < -0.39 is 5.41 Å². The number of nitrogens with one attached hydrogen (secondary N) is 1. The first-order valence-corrected chi connectivity index (χ1v) is 9.59. The Morgan fingerprint density at radius 1 is 1.04 bits per heavy atom. The number of benzene rings is 2. The van der Waals surface area contributed by atoms with Crippen LogP contribution >= 0.6 is 0 Å². The molecular formula is C22H27FN2O2. The standard InChI is InChI=1S/C22H27FN2O2/c1-3-25(4-2)20-11-9-19(10-12-20)24-21(26)22(13-15-27-16-14-22)17-5-7-18(23)8-6-17/h5-12H,3-4,13-16H2,1-2H3,(H,24,26). The van der Waals surface area contributed by atoms with E-state index in [-0.39, 0.29) is 11.7 Å². The Bertz CT molecular complexity index is 749. The van der Waals surface area contributed by atoms with Gasteiger partial charge in [-0.3, -0.25) is 4.79 Å². The van der Waals surface area contributed by atoms with Crippen molar-refractivity contribution in [2.24, 2.45) is 0 Å². The molecule has 1 aliphatic heterocycles. The van der Waals surface area contributed by atoms with Gasteiger partial charge in [-0.1, -0.05) is 12.1 Å². The van der Waals surface area contributed by atoms with E-state index in [4.69, 9.17) is 4.74 Å². The van der Waals surface area contributed by atoms with Crippen LogP contribution in [-0.2, 0) is 14.9 Å². The zero-order valence-electron chi connectivity index (χ0n) is 16.0. The summed E-state index contributed by atoms with van der Waals surface area (Å²) >= 11 is 0. The van der Waals surface area contributed by atoms with Crippen molar-refractivity contribution < 1.29 is 13.9 Å². The molecule has 1 fully saturated rings. The summed E-state index contributed by atoms with van der Waals surface area (Å²) in [4.78, 5) is 15.5. The van der Waals surface area contributed by atoms with Gasteiger partial charge in [-0.2, -0.15) is 0 Å². The number of halogens is 1. The fourth-order valence-corrected chi connectivity index (χ4v) is 3.73. The van der Waals surface area contributed by atoms with Crippen LogP contribution in [0.5, 0.6) is 0 Å². The molecule has 0 unspecified atom stereocenters. The van der Waals surface area contributed by atoms with Gasteiger partial charge in [-0.15, -0.1) is 0 Å². The van der Waals surface area contributed by atoms with E-state index in [1.807, 2.05) is 24.3 Å². The molecule has 1 amide bonds. The second kappa shape index (κ2) is 8.53. The summed E-state index contributed by atoms with van der Waals surface area (Å²) in [6, 6.07) is 14.2. The quantitative estimate of drug-likeness (QED) is 0.821. The predicted octanol–water partition coefficient (Wildman–Crippen LogP) is 4.36. The predicted molar refractivity (Wildman–Crippen MR) is 107 cm³/mol. The summed E-state index contributed by atoms with van der Waals surface area (Å²) in [5, 5.41) is 3.06. The van der Waals surface area contributed by atoms with Gasteiger partial charge in [-0.05, 0) is 68.7 Å². The number of rotatable bonds is 6. The van der Waals surface area contributed by atoms with Gasteiger partial charge in [0.1, 0.15) is 5.82 Å². The summed E-state index contributed by atoms with van der Waals surface area (Å²) in [6.45, 7) is 7.16. The minimum absolute atomic E-state index is 0.0620. The topological polar surface area (TPSA) is 41.6 Å². The van der Waals surface area contributed by atoms with Crippen molar-refractivity contribution in [1.29, 1.82) is 0 Å². The first-order chi connectivity index (χ1) is 13.1. The number of ether oxygens (including phenoxy) is 1. The van der Waals surface area contributed by atoms with E-state index in [2.05, 4.69) is 24.1 Å². The molecule has 0 radical (unpaired) electrons. The van der Waals surface area contributed by atoms with Crippen LogP contribution < -0.4 is 10.2 Å². The maximum Gasteiger partial charge on any atom is 0.235 e. The minimum Gasteiger partial charge on any atom is -0.381 e. The van der Waals surface area contributed by atoms with E-state index >= 15 is 0 Å². The Kier molecular flexibility index (Phi) is 6.11. The summed E-state index contributed by atoms with van der Waals surface area (Å²) in [6.07, 6.45) is 1.17. The fraction of sp³-hybridized carbons (Fsp3) is 0.409. The van der Waals surface area contributed by atoms with Crippen LogP contribution in [0.1, 0.15) is 32.3 Å². The van der Waals surface area contributed by atoms with Crippen LogP contribution in [0.3, 0.4) is 0 Å².